The average Bonchev–Trinajstić information content (AvgIpc) is 2.41. The van der Waals surface area contributed by atoms with Gasteiger partial charge in [-0.2, -0.15) is 0 Å². The van der Waals surface area contributed by atoms with Crippen LogP contribution in [-0.4, -0.2) is 12.4 Å². The Hall–Kier alpha value is -1.31. The zero-order chi connectivity index (χ0) is 13.0. The summed E-state index contributed by atoms with van der Waals surface area (Å²) in [4.78, 5) is 12.0. The van der Waals surface area contributed by atoms with E-state index in [0.29, 0.717) is 0 Å². The van der Waals surface area contributed by atoms with Crippen molar-refractivity contribution in [1.29, 1.82) is 0 Å². The fraction of sp³-hybridized carbons (Fsp3) is 0.562. The van der Waals surface area contributed by atoms with Gasteiger partial charge in [-0.1, -0.05) is 25.3 Å². The van der Waals surface area contributed by atoms with E-state index in [9.17, 15) is 4.79 Å². The number of Topliss-reactive ketones (excluding diaryl/α,β-unsaturated/α-hetero) is 1. The SMILES string of the molecule is Cc1ccc(OCC(=O)C2CCCCC2)cc1C. The minimum Gasteiger partial charge on any atom is -0.486 e. The number of rotatable bonds is 4. The molecule has 18 heavy (non-hydrogen) atoms. The van der Waals surface area contributed by atoms with Crippen LogP contribution in [-0.2, 0) is 4.79 Å². The highest BCUT2D eigenvalue weighted by Crippen LogP contribution is 2.25. The van der Waals surface area contributed by atoms with Gasteiger partial charge in [0.05, 0.1) is 0 Å². The first kappa shape index (κ1) is 13.1. The fourth-order valence-corrected chi connectivity index (χ4v) is 2.50. The zero-order valence-corrected chi connectivity index (χ0v) is 11.4. The van der Waals surface area contributed by atoms with E-state index in [1.54, 1.807) is 0 Å². The van der Waals surface area contributed by atoms with Gasteiger partial charge < -0.3 is 4.74 Å². The van der Waals surface area contributed by atoms with Crippen LogP contribution in [0.4, 0.5) is 0 Å². The third-order valence-electron chi connectivity index (χ3n) is 3.92. The Bertz CT molecular complexity index is 417. The normalized spacial score (nSPS) is 16.6. The summed E-state index contributed by atoms with van der Waals surface area (Å²) in [5, 5.41) is 0. The molecule has 1 aromatic carbocycles. The van der Waals surface area contributed by atoms with E-state index in [0.717, 1.165) is 18.6 Å². The molecule has 0 spiro atoms. The van der Waals surface area contributed by atoms with Gasteiger partial charge in [0, 0.05) is 5.92 Å². The number of ketones is 1. The van der Waals surface area contributed by atoms with Crippen LogP contribution < -0.4 is 4.74 Å². The number of ether oxygens (including phenoxy) is 1. The van der Waals surface area contributed by atoms with E-state index in [1.807, 2.05) is 18.2 Å². The molecule has 1 aliphatic rings. The van der Waals surface area contributed by atoms with E-state index in [1.165, 1.54) is 30.4 Å². The fourth-order valence-electron chi connectivity index (χ4n) is 2.50. The number of carbonyl (C=O) groups excluding carboxylic acids is 1. The molecule has 0 amide bonds. The molecule has 0 atom stereocenters. The molecule has 0 aliphatic heterocycles. The molecule has 1 saturated carbocycles. The van der Waals surface area contributed by atoms with Crippen molar-refractivity contribution in [3.05, 3.63) is 29.3 Å². The van der Waals surface area contributed by atoms with E-state index >= 15 is 0 Å². The van der Waals surface area contributed by atoms with Gasteiger partial charge in [-0.25, -0.2) is 0 Å². The minimum absolute atomic E-state index is 0.229. The summed E-state index contributed by atoms with van der Waals surface area (Å²) in [6.07, 6.45) is 5.77. The molecule has 1 aliphatic carbocycles. The summed E-state index contributed by atoms with van der Waals surface area (Å²) < 4.78 is 5.61. The first-order chi connectivity index (χ1) is 8.66. The summed E-state index contributed by atoms with van der Waals surface area (Å²) in [6.45, 7) is 4.37. The number of benzene rings is 1. The summed E-state index contributed by atoms with van der Waals surface area (Å²) in [6, 6.07) is 5.98. The Labute approximate surface area is 109 Å². The summed E-state index contributed by atoms with van der Waals surface area (Å²) in [5.74, 6) is 1.32. The molecule has 0 heterocycles. The quantitative estimate of drug-likeness (QED) is 0.807. The molecule has 98 valence electrons. The molecule has 1 aromatic rings. The number of carbonyl (C=O) groups is 1. The molecule has 0 unspecified atom stereocenters. The molecular weight excluding hydrogens is 224 g/mol. The van der Waals surface area contributed by atoms with Crippen molar-refractivity contribution in [2.45, 2.75) is 46.0 Å². The highest BCUT2D eigenvalue weighted by molar-refractivity contribution is 5.82. The Morgan fingerprint density at radius 3 is 2.56 bits per heavy atom. The second-order valence-corrected chi connectivity index (χ2v) is 5.34. The zero-order valence-electron chi connectivity index (χ0n) is 11.4. The van der Waals surface area contributed by atoms with Crippen molar-refractivity contribution in [3.8, 4) is 5.75 Å². The van der Waals surface area contributed by atoms with Gasteiger partial charge in [-0.05, 0) is 49.9 Å². The second kappa shape index (κ2) is 6.03. The Kier molecular flexibility index (Phi) is 4.40. The largest absolute Gasteiger partial charge is 0.486 e. The molecular formula is C16H22O2. The lowest BCUT2D eigenvalue weighted by atomic mass is 9.86. The van der Waals surface area contributed by atoms with E-state index < -0.39 is 0 Å². The van der Waals surface area contributed by atoms with Crippen LogP contribution in [0.1, 0.15) is 43.2 Å². The lowest BCUT2D eigenvalue weighted by Gasteiger charge is -2.20. The molecule has 0 aromatic heterocycles. The summed E-state index contributed by atoms with van der Waals surface area (Å²) in [7, 11) is 0. The summed E-state index contributed by atoms with van der Waals surface area (Å²) >= 11 is 0. The van der Waals surface area contributed by atoms with Crippen LogP contribution in [0.5, 0.6) is 5.75 Å². The van der Waals surface area contributed by atoms with Gasteiger partial charge in [0.15, 0.2) is 5.78 Å². The monoisotopic (exact) mass is 246 g/mol. The first-order valence-corrected chi connectivity index (χ1v) is 6.89. The third-order valence-corrected chi connectivity index (χ3v) is 3.92. The predicted octanol–water partition coefficient (Wildman–Crippen LogP) is 3.83. The lowest BCUT2D eigenvalue weighted by molar-refractivity contribution is -0.125. The standard InChI is InChI=1S/C16H22O2/c1-12-8-9-15(10-13(12)2)18-11-16(17)14-6-4-3-5-7-14/h8-10,14H,3-7,11H2,1-2H3. The van der Waals surface area contributed by atoms with Crippen LogP contribution in [0.15, 0.2) is 18.2 Å². The van der Waals surface area contributed by atoms with Gasteiger partial charge in [0.2, 0.25) is 0 Å². The van der Waals surface area contributed by atoms with Gasteiger partial charge in [0.1, 0.15) is 12.4 Å². The summed E-state index contributed by atoms with van der Waals surface area (Å²) in [5.41, 5.74) is 2.46. The smallest absolute Gasteiger partial charge is 0.173 e. The van der Waals surface area contributed by atoms with Crippen LogP contribution in [0, 0.1) is 19.8 Å². The highest BCUT2D eigenvalue weighted by Gasteiger charge is 2.21. The van der Waals surface area contributed by atoms with Crippen molar-refractivity contribution in [2.24, 2.45) is 5.92 Å². The van der Waals surface area contributed by atoms with Crippen molar-refractivity contribution in [1.82, 2.24) is 0 Å². The highest BCUT2D eigenvalue weighted by atomic mass is 16.5. The number of hydrogen-bond acceptors (Lipinski definition) is 2. The van der Waals surface area contributed by atoms with Crippen molar-refractivity contribution >= 4 is 5.78 Å². The maximum atomic E-state index is 12.0. The lowest BCUT2D eigenvalue weighted by Crippen LogP contribution is -2.23. The van der Waals surface area contributed by atoms with E-state index in [2.05, 4.69) is 13.8 Å². The topological polar surface area (TPSA) is 26.3 Å². The Balaban J connectivity index is 1.86. The van der Waals surface area contributed by atoms with Crippen LogP contribution in [0.3, 0.4) is 0 Å². The van der Waals surface area contributed by atoms with Crippen molar-refractivity contribution < 1.29 is 9.53 Å². The maximum absolute atomic E-state index is 12.0. The minimum atomic E-state index is 0.229. The van der Waals surface area contributed by atoms with Gasteiger partial charge in [-0.3, -0.25) is 4.79 Å². The molecule has 1 fully saturated rings. The molecule has 2 heteroatoms. The molecule has 0 bridgehead atoms. The first-order valence-electron chi connectivity index (χ1n) is 6.89. The van der Waals surface area contributed by atoms with Crippen LogP contribution >= 0.6 is 0 Å². The van der Waals surface area contributed by atoms with Gasteiger partial charge >= 0.3 is 0 Å². The third kappa shape index (κ3) is 3.34. The predicted molar refractivity (Wildman–Crippen MR) is 73.0 cm³/mol. The molecule has 0 radical (unpaired) electrons. The van der Waals surface area contributed by atoms with Gasteiger partial charge in [0.25, 0.3) is 0 Å². The molecule has 0 saturated heterocycles. The van der Waals surface area contributed by atoms with Crippen LogP contribution in [0.25, 0.3) is 0 Å². The second-order valence-electron chi connectivity index (χ2n) is 5.34. The Morgan fingerprint density at radius 2 is 1.89 bits per heavy atom. The Morgan fingerprint density at radius 1 is 1.17 bits per heavy atom. The number of hydrogen-bond donors (Lipinski definition) is 0. The molecule has 0 N–H and O–H groups in total. The molecule has 2 nitrogen and oxygen atoms in total. The maximum Gasteiger partial charge on any atom is 0.173 e. The average molecular weight is 246 g/mol. The van der Waals surface area contributed by atoms with Gasteiger partial charge in [-0.15, -0.1) is 0 Å². The van der Waals surface area contributed by atoms with Crippen molar-refractivity contribution in [2.75, 3.05) is 6.61 Å². The van der Waals surface area contributed by atoms with Crippen molar-refractivity contribution in [3.63, 3.8) is 0 Å². The van der Waals surface area contributed by atoms with E-state index in [-0.39, 0.29) is 18.3 Å². The van der Waals surface area contributed by atoms with E-state index in [4.69, 9.17) is 4.74 Å². The molecule has 2 rings (SSSR count). The van der Waals surface area contributed by atoms with Crippen LogP contribution in [0.2, 0.25) is 0 Å². The number of aryl methyl sites for hydroxylation is 2.